The third-order valence-corrected chi connectivity index (χ3v) is 4.27. The summed E-state index contributed by atoms with van der Waals surface area (Å²) in [6, 6.07) is 7.66. The van der Waals surface area contributed by atoms with Crippen LogP contribution in [0, 0.1) is 6.92 Å². The first-order valence-electron chi connectivity index (χ1n) is 7.37. The Morgan fingerprint density at radius 3 is 3.05 bits per heavy atom. The second-order valence-corrected chi connectivity index (χ2v) is 6.39. The minimum atomic E-state index is -0.0481. The van der Waals surface area contributed by atoms with Gasteiger partial charge in [0.15, 0.2) is 0 Å². The summed E-state index contributed by atoms with van der Waals surface area (Å²) in [5.74, 6) is -0.0481. The van der Waals surface area contributed by atoms with Crippen LogP contribution in [0.1, 0.15) is 22.5 Å². The molecule has 1 amide bonds. The summed E-state index contributed by atoms with van der Waals surface area (Å²) in [5.41, 5.74) is 3.65. The Hall–Kier alpha value is -1.72. The van der Waals surface area contributed by atoms with Crippen LogP contribution >= 0.6 is 15.9 Å². The number of halogens is 1. The number of benzene rings is 1. The van der Waals surface area contributed by atoms with E-state index in [-0.39, 0.29) is 5.91 Å². The Labute approximate surface area is 138 Å². The SMILES string of the molecule is Cc1cc(C(=O)NCC2=CCNCC2)c2cc(Br)ccc2n1. The zero-order valence-electron chi connectivity index (χ0n) is 12.4. The highest BCUT2D eigenvalue weighted by atomic mass is 79.9. The molecule has 22 heavy (non-hydrogen) atoms. The third kappa shape index (κ3) is 3.36. The Kier molecular flexibility index (Phi) is 4.55. The van der Waals surface area contributed by atoms with E-state index in [1.807, 2.05) is 31.2 Å². The van der Waals surface area contributed by atoms with E-state index in [0.717, 1.165) is 40.6 Å². The number of nitrogens with one attached hydrogen (secondary N) is 2. The van der Waals surface area contributed by atoms with Gasteiger partial charge in [0.1, 0.15) is 0 Å². The molecule has 5 heteroatoms. The number of hydrogen-bond acceptors (Lipinski definition) is 3. The van der Waals surface area contributed by atoms with E-state index in [9.17, 15) is 4.79 Å². The Morgan fingerprint density at radius 2 is 2.27 bits per heavy atom. The van der Waals surface area contributed by atoms with Crippen molar-refractivity contribution >= 4 is 32.7 Å². The van der Waals surface area contributed by atoms with Crippen LogP contribution < -0.4 is 10.6 Å². The van der Waals surface area contributed by atoms with Crippen LogP contribution in [0.15, 0.2) is 40.4 Å². The smallest absolute Gasteiger partial charge is 0.252 e. The van der Waals surface area contributed by atoms with E-state index >= 15 is 0 Å². The number of carbonyl (C=O) groups is 1. The lowest BCUT2D eigenvalue weighted by Crippen LogP contribution is -2.29. The van der Waals surface area contributed by atoms with E-state index in [1.54, 1.807) is 0 Å². The van der Waals surface area contributed by atoms with Crippen molar-refractivity contribution in [3.8, 4) is 0 Å². The fourth-order valence-corrected chi connectivity index (χ4v) is 3.00. The molecule has 0 aliphatic carbocycles. The second-order valence-electron chi connectivity index (χ2n) is 5.47. The number of aromatic nitrogens is 1. The fourth-order valence-electron chi connectivity index (χ4n) is 2.64. The quantitative estimate of drug-likeness (QED) is 0.828. The van der Waals surface area contributed by atoms with Crippen LogP contribution in [-0.2, 0) is 0 Å². The van der Waals surface area contributed by atoms with Gasteiger partial charge in [0.25, 0.3) is 5.91 Å². The zero-order chi connectivity index (χ0) is 15.5. The molecule has 2 aromatic rings. The molecule has 114 valence electrons. The first-order chi connectivity index (χ1) is 10.6. The van der Waals surface area contributed by atoms with Gasteiger partial charge in [-0.2, -0.15) is 0 Å². The maximum Gasteiger partial charge on any atom is 0.252 e. The van der Waals surface area contributed by atoms with Crippen molar-refractivity contribution in [3.63, 3.8) is 0 Å². The second kappa shape index (κ2) is 6.58. The Balaban J connectivity index is 1.86. The van der Waals surface area contributed by atoms with Crippen LogP contribution in [0.25, 0.3) is 10.9 Å². The zero-order valence-corrected chi connectivity index (χ0v) is 14.0. The predicted octanol–water partition coefficient (Wildman–Crippen LogP) is 2.96. The maximum absolute atomic E-state index is 12.6. The number of fused-ring (bicyclic) bond motifs is 1. The molecule has 1 aliphatic heterocycles. The number of carbonyl (C=O) groups excluding carboxylic acids is 1. The van der Waals surface area contributed by atoms with Crippen LogP contribution in [-0.4, -0.2) is 30.5 Å². The molecule has 1 aromatic heterocycles. The summed E-state index contributed by atoms with van der Waals surface area (Å²) in [6.45, 7) is 4.38. The van der Waals surface area contributed by atoms with Gasteiger partial charge in [-0.25, -0.2) is 0 Å². The van der Waals surface area contributed by atoms with Crippen LogP contribution in [0.2, 0.25) is 0 Å². The van der Waals surface area contributed by atoms with Crippen molar-refractivity contribution < 1.29 is 4.79 Å². The van der Waals surface area contributed by atoms with Crippen LogP contribution in [0.4, 0.5) is 0 Å². The maximum atomic E-state index is 12.6. The van der Waals surface area contributed by atoms with Gasteiger partial charge in [0.2, 0.25) is 0 Å². The number of amides is 1. The molecular formula is C17H18BrN3O. The van der Waals surface area contributed by atoms with Gasteiger partial charge in [-0.3, -0.25) is 9.78 Å². The average Bonchev–Trinajstić information content (AvgIpc) is 2.53. The van der Waals surface area contributed by atoms with Gasteiger partial charge in [-0.15, -0.1) is 0 Å². The van der Waals surface area contributed by atoms with Crippen molar-refractivity contribution in [1.82, 2.24) is 15.6 Å². The van der Waals surface area contributed by atoms with Crippen molar-refractivity contribution in [2.45, 2.75) is 13.3 Å². The molecule has 0 saturated carbocycles. The normalized spacial score (nSPS) is 14.7. The number of pyridine rings is 1. The molecule has 0 saturated heterocycles. The molecule has 2 N–H and O–H groups in total. The van der Waals surface area contributed by atoms with Gasteiger partial charge < -0.3 is 10.6 Å². The van der Waals surface area contributed by atoms with Crippen molar-refractivity contribution in [2.75, 3.05) is 19.6 Å². The summed E-state index contributed by atoms with van der Waals surface area (Å²) in [5, 5.41) is 7.17. The number of nitrogens with zero attached hydrogens (tertiary/aromatic N) is 1. The van der Waals surface area contributed by atoms with Crippen molar-refractivity contribution in [2.24, 2.45) is 0 Å². The monoisotopic (exact) mass is 359 g/mol. The fraction of sp³-hybridized carbons (Fsp3) is 0.294. The lowest BCUT2D eigenvalue weighted by molar-refractivity contribution is 0.0958. The van der Waals surface area contributed by atoms with E-state index in [2.05, 4.69) is 37.6 Å². The highest BCUT2D eigenvalue weighted by Crippen LogP contribution is 2.23. The molecule has 0 spiro atoms. The summed E-state index contributed by atoms with van der Waals surface area (Å²) >= 11 is 3.46. The first kappa shape index (κ1) is 15.2. The number of hydrogen-bond donors (Lipinski definition) is 2. The molecule has 2 heterocycles. The van der Waals surface area contributed by atoms with Gasteiger partial charge in [-0.05, 0) is 44.2 Å². The Bertz CT molecular complexity index is 755. The standard InChI is InChI=1S/C17H18BrN3O/c1-11-8-15(14-9-13(18)2-3-16(14)21-11)17(22)20-10-12-4-6-19-7-5-12/h2-4,8-9,19H,5-7,10H2,1H3,(H,20,22). The number of rotatable bonds is 3. The molecule has 1 aliphatic rings. The highest BCUT2D eigenvalue weighted by Gasteiger charge is 2.13. The van der Waals surface area contributed by atoms with E-state index in [1.165, 1.54) is 5.57 Å². The van der Waals surface area contributed by atoms with Crippen LogP contribution in [0.5, 0.6) is 0 Å². The highest BCUT2D eigenvalue weighted by molar-refractivity contribution is 9.10. The molecule has 0 atom stereocenters. The van der Waals surface area contributed by atoms with Crippen molar-refractivity contribution in [1.29, 1.82) is 0 Å². The minimum Gasteiger partial charge on any atom is -0.348 e. The van der Waals surface area contributed by atoms with Gasteiger partial charge in [-0.1, -0.05) is 27.6 Å². The average molecular weight is 360 g/mol. The first-order valence-corrected chi connectivity index (χ1v) is 8.16. The number of aryl methyl sites for hydroxylation is 1. The summed E-state index contributed by atoms with van der Waals surface area (Å²) in [6.07, 6.45) is 3.14. The Morgan fingerprint density at radius 1 is 1.41 bits per heavy atom. The summed E-state index contributed by atoms with van der Waals surface area (Å²) < 4.78 is 0.945. The molecule has 0 radical (unpaired) electrons. The molecule has 1 aromatic carbocycles. The topological polar surface area (TPSA) is 54.0 Å². The summed E-state index contributed by atoms with van der Waals surface area (Å²) in [7, 11) is 0. The van der Waals surface area contributed by atoms with Crippen LogP contribution in [0.3, 0.4) is 0 Å². The third-order valence-electron chi connectivity index (χ3n) is 3.78. The van der Waals surface area contributed by atoms with E-state index in [4.69, 9.17) is 0 Å². The van der Waals surface area contributed by atoms with Crippen molar-refractivity contribution in [3.05, 3.63) is 51.6 Å². The minimum absolute atomic E-state index is 0.0481. The summed E-state index contributed by atoms with van der Waals surface area (Å²) in [4.78, 5) is 17.1. The van der Waals surface area contributed by atoms with Gasteiger partial charge >= 0.3 is 0 Å². The molecule has 4 nitrogen and oxygen atoms in total. The van der Waals surface area contributed by atoms with E-state index < -0.39 is 0 Å². The largest absolute Gasteiger partial charge is 0.348 e. The molecule has 0 bridgehead atoms. The lowest BCUT2D eigenvalue weighted by atomic mass is 10.1. The molecule has 3 rings (SSSR count). The lowest BCUT2D eigenvalue weighted by Gasteiger charge is -2.15. The van der Waals surface area contributed by atoms with E-state index in [0.29, 0.717) is 12.1 Å². The van der Waals surface area contributed by atoms with Gasteiger partial charge in [0, 0.05) is 28.6 Å². The molecular weight excluding hydrogens is 342 g/mol. The molecule has 0 unspecified atom stereocenters. The van der Waals surface area contributed by atoms with Gasteiger partial charge in [0.05, 0.1) is 11.1 Å². The molecule has 0 fully saturated rings. The predicted molar refractivity (Wildman–Crippen MR) is 92.1 cm³/mol.